The van der Waals surface area contributed by atoms with Gasteiger partial charge in [-0.15, -0.1) is 0 Å². The quantitative estimate of drug-likeness (QED) is 0.844. The summed E-state index contributed by atoms with van der Waals surface area (Å²) in [6.45, 7) is 6.09. The molecule has 2 rings (SSSR count). The average Bonchev–Trinajstić information content (AvgIpc) is 2.48. The van der Waals surface area contributed by atoms with Crippen LogP contribution in [0.5, 0.6) is 17.2 Å². The molecule has 2 aromatic rings. The number of pyridine rings is 1. The molecule has 0 spiro atoms. The Morgan fingerprint density at radius 3 is 2.43 bits per heavy atom. The van der Waals surface area contributed by atoms with Crippen LogP contribution in [0.3, 0.4) is 0 Å². The van der Waals surface area contributed by atoms with E-state index in [0.717, 1.165) is 36.0 Å². The number of hydrogen-bond donors (Lipinski definition) is 1. The van der Waals surface area contributed by atoms with E-state index in [4.69, 9.17) is 9.47 Å². The molecule has 0 bridgehead atoms. The van der Waals surface area contributed by atoms with Crippen molar-refractivity contribution in [1.29, 1.82) is 0 Å². The van der Waals surface area contributed by atoms with Gasteiger partial charge in [0.2, 0.25) is 0 Å². The number of benzene rings is 1. The molecular formula is C17H22N2O2. The third-order valence-electron chi connectivity index (χ3n) is 2.94. The maximum atomic E-state index is 5.82. The highest BCUT2D eigenvalue weighted by Crippen LogP contribution is 2.23. The maximum absolute atomic E-state index is 5.82. The molecule has 0 aliphatic heterocycles. The molecule has 0 saturated heterocycles. The van der Waals surface area contributed by atoms with Gasteiger partial charge in [-0.3, -0.25) is 4.98 Å². The topological polar surface area (TPSA) is 43.4 Å². The Balaban J connectivity index is 1.96. The molecular weight excluding hydrogens is 264 g/mol. The normalized spacial score (nSPS) is 10.7. The highest BCUT2D eigenvalue weighted by atomic mass is 16.5. The summed E-state index contributed by atoms with van der Waals surface area (Å²) in [6.07, 6.45) is 1.77. The van der Waals surface area contributed by atoms with Crippen LogP contribution in [-0.2, 0) is 6.54 Å². The number of nitrogens with one attached hydrogen (secondary N) is 1. The summed E-state index contributed by atoms with van der Waals surface area (Å²) in [5, 5.41) is 3.37. The largest absolute Gasteiger partial charge is 0.497 e. The van der Waals surface area contributed by atoms with Crippen molar-refractivity contribution in [2.24, 2.45) is 5.92 Å². The van der Waals surface area contributed by atoms with E-state index in [-0.39, 0.29) is 0 Å². The molecule has 112 valence electrons. The minimum Gasteiger partial charge on any atom is -0.497 e. The molecule has 0 radical (unpaired) electrons. The van der Waals surface area contributed by atoms with Gasteiger partial charge in [-0.25, -0.2) is 0 Å². The number of ether oxygens (including phenoxy) is 2. The van der Waals surface area contributed by atoms with Gasteiger partial charge in [-0.2, -0.15) is 0 Å². The Labute approximate surface area is 126 Å². The molecule has 1 heterocycles. The zero-order chi connectivity index (χ0) is 15.1. The summed E-state index contributed by atoms with van der Waals surface area (Å²) in [4.78, 5) is 4.34. The molecule has 21 heavy (non-hydrogen) atoms. The predicted octanol–water partition coefficient (Wildman–Crippen LogP) is 3.63. The lowest BCUT2D eigenvalue weighted by molar-refractivity contribution is 0.412. The van der Waals surface area contributed by atoms with Crippen LogP contribution in [0.25, 0.3) is 0 Å². The summed E-state index contributed by atoms with van der Waals surface area (Å²) in [5.41, 5.74) is 0.974. The molecule has 0 aliphatic carbocycles. The van der Waals surface area contributed by atoms with Crippen LogP contribution in [0.2, 0.25) is 0 Å². The number of methoxy groups -OCH3 is 1. The van der Waals surface area contributed by atoms with E-state index < -0.39 is 0 Å². The summed E-state index contributed by atoms with van der Waals surface area (Å²) >= 11 is 0. The third kappa shape index (κ3) is 5.08. The number of nitrogens with zero attached hydrogens (tertiary/aromatic N) is 1. The van der Waals surface area contributed by atoms with Crippen LogP contribution in [0, 0.1) is 5.92 Å². The van der Waals surface area contributed by atoms with Crippen LogP contribution in [0.1, 0.15) is 19.5 Å². The molecule has 0 atom stereocenters. The van der Waals surface area contributed by atoms with E-state index in [0.29, 0.717) is 5.92 Å². The molecule has 0 fully saturated rings. The highest BCUT2D eigenvalue weighted by molar-refractivity contribution is 5.35. The van der Waals surface area contributed by atoms with Crippen molar-refractivity contribution in [2.75, 3.05) is 13.7 Å². The monoisotopic (exact) mass is 286 g/mol. The van der Waals surface area contributed by atoms with Crippen molar-refractivity contribution in [3.05, 3.63) is 48.3 Å². The number of hydrogen-bond acceptors (Lipinski definition) is 4. The molecule has 1 N–H and O–H groups in total. The lowest BCUT2D eigenvalue weighted by Gasteiger charge is -2.09. The van der Waals surface area contributed by atoms with Gasteiger partial charge in [-0.05, 0) is 42.8 Å². The summed E-state index contributed by atoms with van der Waals surface area (Å²) in [6, 6.07) is 11.3. The minimum absolute atomic E-state index is 0.628. The van der Waals surface area contributed by atoms with Gasteiger partial charge in [0.05, 0.1) is 12.8 Å². The highest BCUT2D eigenvalue weighted by Gasteiger charge is 2.01. The van der Waals surface area contributed by atoms with Crippen molar-refractivity contribution in [2.45, 2.75) is 20.4 Å². The van der Waals surface area contributed by atoms with E-state index >= 15 is 0 Å². The smallest absolute Gasteiger partial charge is 0.130 e. The molecule has 4 nitrogen and oxygen atoms in total. The van der Waals surface area contributed by atoms with Crippen LogP contribution in [0.4, 0.5) is 0 Å². The van der Waals surface area contributed by atoms with Crippen molar-refractivity contribution in [3.8, 4) is 17.2 Å². The summed E-state index contributed by atoms with van der Waals surface area (Å²) in [5.74, 6) is 3.01. The molecule has 1 aromatic carbocycles. The third-order valence-corrected chi connectivity index (χ3v) is 2.94. The van der Waals surface area contributed by atoms with Gasteiger partial charge in [0.15, 0.2) is 0 Å². The molecule has 0 amide bonds. The van der Waals surface area contributed by atoms with Gasteiger partial charge in [0, 0.05) is 18.8 Å². The first-order valence-electron chi connectivity index (χ1n) is 7.15. The summed E-state index contributed by atoms with van der Waals surface area (Å²) in [7, 11) is 1.65. The van der Waals surface area contributed by atoms with Crippen molar-refractivity contribution in [1.82, 2.24) is 10.3 Å². The van der Waals surface area contributed by atoms with E-state index in [1.165, 1.54) is 0 Å². The average molecular weight is 286 g/mol. The van der Waals surface area contributed by atoms with Gasteiger partial charge < -0.3 is 14.8 Å². The number of aromatic nitrogens is 1. The van der Waals surface area contributed by atoms with Crippen LogP contribution >= 0.6 is 0 Å². The fraction of sp³-hybridized carbons (Fsp3) is 0.353. The molecule has 1 aromatic heterocycles. The zero-order valence-electron chi connectivity index (χ0n) is 12.8. The fourth-order valence-electron chi connectivity index (χ4n) is 1.88. The van der Waals surface area contributed by atoms with E-state index in [1.807, 2.05) is 36.4 Å². The second-order valence-corrected chi connectivity index (χ2v) is 5.29. The Hall–Kier alpha value is -2.07. The first-order chi connectivity index (χ1) is 10.2. The van der Waals surface area contributed by atoms with Gasteiger partial charge in [-0.1, -0.05) is 13.8 Å². The van der Waals surface area contributed by atoms with Crippen molar-refractivity contribution in [3.63, 3.8) is 0 Å². The Morgan fingerprint density at radius 1 is 1.05 bits per heavy atom. The van der Waals surface area contributed by atoms with Gasteiger partial charge in [0.25, 0.3) is 0 Å². The number of rotatable bonds is 7. The Morgan fingerprint density at radius 2 is 1.76 bits per heavy atom. The zero-order valence-corrected chi connectivity index (χ0v) is 12.8. The first-order valence-corrected chi connectivity index (χ1v) is 7.15. The van der Waals surface area contributed by atoms with Gasteiger partial charge >= 0.3 is 0 Å². The van der Waals surface area contributed by atoms with E-state index in [9.17, 15) is 0 Å². The lowest BCUT2D eigenvalue weighted by atomic mass is 10.2. The second-order valence-electron chi connectivity index (χ2n) is 5.29. The molecule has 4 heteroatoms. The Bertz CT molecular complexity index is 553. The predicted molar refractivity (Wildman–Crippen MR) is 83.8 cm³/mol. The van der Waals surface area contributed by atoms with Crippen LogP contribution in [-0.4, -0.2) is 18.6 Å². The lowest BCUT2D eigenvalue weighted by Crippen LogP contribution is -2.19. The molecule has 0 aliphatic rings. The van der Waals surface area contributed by atoms with Crippen molar-refractivity contribution >= 4 is 0 Å². The standard InChI is InChI=1S/C17H22N2O2/c1-13(2)11-18-12-14-10-17(8-9-19-14)21-16-6-4-15(20-3)5-7-16/h4-10,13,18H,11-12H2,1-3H3. The first kappa shape index (κ1) is 15.3. The van der Waals surface area contributed by atoms with Crippen LogP contribution in [0.15, 0.2) is 42.6 Å². The van der Waals surface area contributed by atoms with Crippen molar-refractivity contribution < 1.29 is 9.47 Å². The Kier molecular flexibility index (Phi) is 5.58. The molecule has 0 saturated carbocycles. The fourth-order valence-corrected chi connectivity index (χ4v) is 1.88. The second kappa shape index (κ2) is 7.64. The van der Waals surface area contributed by atoms with E-state index in [2.05, 4.69) is 24.1 Å². The SMILES string of the molecule is COc1ccc(Oc2ccnc(CNCC(C)C)c2)cc1. The summed E-state index contributed by atoms with van der Waals surface area (Å²) < 4.78 is 11.0. The van der Waals surface area contributed by atoms with Crippen LogP contribution < -0.4 is 14.8 Å². The van der Waals surface area contributed by atoms with Gasteiger partial charge in [0.1, 0.15) is 17.2 Å². The van der Waals surface area contributed by atoms with E-state index in [1.54, 1.807) is 13.3 Å². The molecule has 0 unspecified atom stereocenters. The minimum atomic E-state index is 0.628. The maximum Gasteiger partial charge on any atom is 0.130 e.